The molecule has 0 spiro atoms. The lowest BCUT2D eigenvalue weighted by Gasteiger charge is -2.13. The summed E-state index contributed by atoms with van der Waals surface area (Å²) in [5.41, 5.74) is 8.43. The van der Waals surface area contributed by atoms with Crippen LogP contribution < -0.4 is 0 Å². The van der Waals surface area contributed by atoms with Gasteiger partial charge < -0.3 is 4.57 Å². The molecule has 5 aromatic heterocycles. The highest BCUT2D eigenvalue weighted by Gasteiger charge is 2.21. The predicted molar refractivity (Wildman–Crippen MR) is 217 cm³/mol. The van der Waals surface area contributed by atoms with Gasteiger partial charge in [0, 0.05) is 56.0 Å². The maximum Gasteiger partial charge on any atom is 0.240 e. The largest absolute Gasteiger partial charge is 0.309 e. The summed E-state index contributed by atoms with van der Waals surface area (Å²) in [4.78, 5) is 19.8. The number of benzene rings is 6. The van der Waals surface area contributed by atoms with Gasteiger partial charge in [0.15, 0.2) is 5.82 Å². The Bertz CT molecular complexity index is 3040. The summed E-state index contributed by atoms with van der Waals surface area (Å²) in [6.07, 6.45) is 3.55. The van der Waals surface area contributed by atoms with E-state index in [0.29, 0.717) is 17.7 Å². The van der Waals surface area contributed by atoms with Crippen LogP contribution in [0.5, 0.6) is 0 Å². The maximum absolute atomic E-state index is 5.28. The van der Waals surface area contributed by atoms with E-state index in [1.54, 1.807) is 12.4 Å². The van der Waals surface area contributed by atoms with E-state index >= 15 is 0 Å². The van der Waals surface area contributed by atoms with E-state index < -0.39 is 0 Å². The minimum absolute atomic E-state index is 0.546. The Balaban J connectivity index is 0.00000172. The molecule has 0 fully saturated rings. The second kappa shape index (κ2) is 12.3. The van der Waals surface area contributed by atoms with Crippen molar-refractivity contribution in [2.45, 2.75) is 13.8 Å². The molecule has 7 nitrogen and oxygen atoms in total. The third-order valence-corrected chi connectivity index (χ3v) is 10.0. The summed E-state index contributed by atoms with van der Waals surface area (Å²) >= 11 is 0. The molecule has 11 rings (SSSR count). The lowest BCUT2D eigenvalue weighted by Crippen LogP contribution is -2.10. The lowest BCUT2D eigenvalue weighted by atomic mass is 10.1. The minimum Gasteiger partial charge on any atom is -0.309 e. The Hall–Kier alpha value is -7.12. The second-order valence-electron chi connectivity index (χ2n) is 12.8. The highest BCUT2D eigenvalue weighted by atomic mass is 15.3. The highest BCUT2D eigenvalue weighted by molar-refractivity contribution is 6.12. The molecule has 0 unspecified atom stereocenters. The van der Waals surface area contributed by atoms with Crippen LogP contribution in [-0.2, 0) is 0 Å². The number of nitrogens with zero attached hydrogens (tertiary/aromatic N) is 7. The molecule has 53 heavy (non-hydrogen) atoms. The van der Waals surface area contributed by atoms with E-state index in [1.165, 1.54) is 21.8 Å². The number of hydrogen-bond acceptors (Lipinski definition) is 4. The van der Waals surface area contributed by atoms with Gasteiger partial charge in [0.25, 0.3) is 0 Å². The Morgan fingerprint density at radius 1 is 0.358 bits per heavy atom. The first-order valence-corrected chi connectivity index (χ1v) is 18.0. The van der Waals surface area contributed by atoms with Gasteiger partial charge in [-0.25, -0.2) is 0 Å². The fourth-order valence-corrected chi connectivity index (χ4v) is 7.84. The lowest BCUT2D eigenvalue weighted by molar-refractivity contribution is 0.892. The van der Waals surface area contributed by atoms with Crippen LogP contribution in [0.3, 0.4) is 0 Å². The van der Waals surface area contributed by atoms with Crippen molar-refractivity contribution in [3.8, 4) is 29.0 Å². The van der Waals surface area contributed by atoms with Gasteiger partial charge in [-0.3, -0.25) is 14.1 Å². The van der Waals surface area contributed by atoms with Crippen molar-refractivity contribution in [2.24, 2.45) is 0 Å². The van der Waals surface area contributed by atoms with Gasteiger partial charge in [-0.2, -0.15) is 15.0 Å². The van der Waals surface area contributed by atoms with E-state index in [2.05, 4.69) is 158 Å². The standard InChI is InChI=1S/C44H27N7.C2H6/c1-6-16-36-30(11-1)31-12-2-7-17-37(31)49(36)29-21-22-41-35(27-29)34-15-5-10-20-40(34)51(41)44-47-42(28-23-25-45-26-24-28)46-43(48-44)50-38-18-8-3-13-32(38)33-14-4-9-19-39(33)50;1-2/h1-27H;1-2H3. The number of fused-ring (bicyclic) bond motifs is 9. The molecule has 0 saturated heterocycles. The highest BCUT2D eigenvalue weighted by Crippen LogP contribution is 2.37. The Morgan fingerprint density at radius 2 is 0.736 bits per heavy atom. The van der Waals surface area contributed by atoms with E-state index in [-0.39, 0.29) is 0 Å². The zero-order chi connectivity index (χ0) is 35.5. The molecule has 11 aromatic rings. The SMILES string of the molecule is CC.c1ccc2c(c1)c1ccccc1n2-c1ccc2c(c1)c1ccccc1n2-c1nc(-c2ccncc2)nc(-n2c3ccccc3c3ccccc32)n1. The van der Waals surface area contributed by atoms with Crippen molar-refractivity contribution in [3.05, 3.63) is 164 Å². The molecule has 0 atom stereocenters. The van der Waals surface area contributed by atoms with Gasteiger partial charge in [0.05, 0.1) is 33.1 Å². The van der Waals surface area contributed by atoms with E-state index in [1.807, 2.05) is 26.0 Å². The van der Waals surface area contributed by atoms with Gasteiger partial charge in [-0.15, -0.1) is 0 Å². The van der Waals surface area contributed by atoms with Crippen LogP contribution in [0.2, 0.25) is 0 Å². The number of hydrogen-bond donors (Lipinski definition) is 0. The van der Waals surface area contributed by atoms with E-state index in [0.717, 1.165) is 54.9 Å². The van der Waals surface area contributed by atoms with E-state index in [4.69, 9.17) is 15.0 Å². The topological polar surface area (TPSA) is 66.3 Å². The number of aromatic nitrogens is 7. The molecule has 0 N–H and O–H groups in total. The summed E-state index contributed by atoms with van der Waals surface area (Å²) in [7, 11) is 0. The quantitative estimate of drug-likeness (QED) is 0.185. The molecule has 7 heteroatoms. The fraction of sp³-hybridized carbons (Fsp3) is 0.0435. The Morgan fingerprint density at radius 3 is 1.19 bits per heavy atom. The normalized spacial score (nSPS) is 11.6. The second-order valence-corrected chi connectivity index (χ2v) is 12.8. The van der Waals surface area contributed by atoms with Gasteiger partial charge in [0.1, 0.15) is 0 Å². The molecule has 0 saturated carbocycles. The third-order valence-electron chi connectivity index (χ3n) is 10.0. The van der Waals surface area contributed by atoms with Crippen LogP contribution in [-0.4, -0.2) is 33.6 Å². The van der Waals surface area contributed by atoms with Crippen molar-refractivity contribution in [2.75, 3.05) is 0 Å². The first kappa shape index (κ1) is 30.7. The summed E-state index contributed by atoms with van der Waals surface area (Å²) in [6, 6.07) is 53.2. The first-order chi connectivity index (χ1) is 26.3. The summed E-state index contributed by atoms with van der Waals surface area (Å²) < 4.78 is 6.68. The molecule has 5 heterocycles. The Kier molecular flexibility index (Phi) is 7.11. The van der Waals surface area contributed by atoms with Crippen LogP contribution >= 0.6 is 0 Å². The monoisotopic (exact) mass is 683 g/mol. The van der Waals surface area contributed by atoms with Gasteiger partial charge >= 0.3 is 0 Å². The molecular weight excluding hydrogens is 651 g/mol. The molecule has 0 bridgehead atoms. The molecular formula is C46H33N7. The van der Waals surface area contributed by atoms with Crippen LogP contribution in [0.4, 0.5) is 0 Å². The van der Waals surface area contributed by atoms with Gasteiger partial charge in [-0.05, 0) is 60.7 Å². The minimum atomic E-state index is 0.546. The Labute approximate surface area is 305 Å². The zero-order valence-corrected chi connectivity index (χ0v) is 29.2. The third kappa shape index (κ3) is 4.67. The molecule has 0 aliphatic heterocycles. The van der Waals surface area contributed by atoms with Crippen molar-refractivity contribution in [1.82, 2.24) is 33.6 Å². The molecule has 0 radical (unpaired) electrons. The summed E-state index contributed by atoms with van der Waals surface area (Å²) in [6.45, 7) is 4.00. The van der Waals surface area contributed by atoms with Crippen LogP contribution in [0.25, 0.3) is 94.4 Å². The smallest absolute Gasteiger partial charge is 0.240 e. The molecule has 252 valence electrons. The summed E-state index contributed by atoms with van der Waals surface area (Å²) in [5.74, 6) is 1.67. The fourth-order valence-electron chi connectivity index (χ4n) is 7.84. The number of pyridine rings is 1. The van der Waals surface area contributed by atoms with Crippen LogP contribution in [0.15, 0.2) is 164 Å². The van der Waals surface area contributed by atoms with Crippen molar-refractivity contribution in [3.63, 3.8) is 0 Å². The van der Waals surface area contributed by atoms with Crippen molar-refractivity contribution in [1.29, 1.82) is 0 Å². The maximum atomic E-state index is 5.28. The average molecular weight is 684 g/mol. The molecule has 6 aromatic carbocycles. The average Bonchev–Trinajstić information content (AvgIpc) is 3.87. The molecule has 0 amide bonds. The van der Waals surface area contributed by atoms with E-state index in [9.17, 15) is 0 Å². The van der Waals surface area contributed by atoms with Gasteiger partial charge in [-0.1, -0.05) is 105 Å². The van der Waals surface area contributed by atoms with Gasteiger partial charge in [0.2, 0.25) is 11.9 Å². The molecule has 0 aliphatic rings. The summed E-state index contributed by atoms with van der Waals surface area (Å²) in [5, 5.41) is 7.02. The molecule has 0 aliphatic carbocycles. The number of para-hydroxylation sites is 5. The van der Waals surface area contributed by atoms with Crippen molar-refractivity contribution < 1.29 is 0 Å². The van der Waals surface area contributed by atoms with Crippen LogP contribution in [0.1, 0.15) is 13.8 Å². The first-order valence-electron chi connectivity index (χ1n) is 18.0. The zero-order valence-electron chi connectivity index (χ0n) is 29.2. The number of rotatable bonds is 4. The van der Waals surface area contributed by atoms with Crippen molar-refractivity contribution >= 4 is 65.4 Å². The predicted octanol–water partition coefficient (Wildman–Crippen LogP) is 11.3. The van der Waals surface area contributed by atoms with Crippen LogP contribution in [0, 0.1) is 0 Å².